The maximum Gasteiger partial charge on any atom is 0.231 e. The van der Waals surface area contributed by atoms with Crippen LogP contribution < -0.4 is 9.47 Å². The highest BCUT2D eigenvalue weighted by molar-refractivity contribution is 6.15. The van der Waals surface area contributed by atoms with E-state index in [0.717, 1.165) is 59.7 Å². The number of Topliss-reactive ketones (excluding diaryl/α,β-unsaturated/α-hetero) is 1. The number of ether oxygens (including phenoxy) is 2. The van der Waals surface area contributed by atoms with Crippen molar-refractivity contribution in [3.63, 3.8) is 0 Å². The van der Waals surface area contributed by atoms with Crippen LogP contribution in [-0.2, 0) is 16.8 Å². The van der Waals surface area contributed by atoms with Gasteiger partial charge >= 0.3 is 0 Å². The van der Waals surface area contributed by atoms with Crippen LogP contribution in [0.5, 0.6) is 11.5 Å². The Morgan fingerprint density at radius 3 is 2.29 bits per heavy atom. The first-order chi connectivity index (χ1) is 16.7. The third-order valence-corrected chi connectivity index (χ3v) is 7.86. The van der Waals surface area contributed by atoms with Crippen molar-refractivity contribution in [2.45, 2.75) is 30.8 Å². The first-order valence-corrected chi connectivity index (χ1v) is 12.0. The third-order valence-electron chi connectivity index (χ3n) is 7.86. The number of benzene rings is 3. The second kappa shape index (κ2) is 7.44. The van der Waals surface area contributed by atoms with Crippen molar-refractivity contribution in [2.75, 3.05) is 13.3 Å². The number of hydrogen-bond acceptors (Lipinski definition) is 4. The molecule has 0 spiro atoms. The molecule has 3 aliphatic heterocycles. The topological polar surface area (TPSA) is 38.8 Å². The molecule has 4 aliphatic rings. The number of rotatable bonds is 2. The van der Waals surface area contributed by atoms with Crippen molar-refractivity contribution in [2.24, 2.45) is 0 Å². The van der Waals surface area contributed by atoms with E-state index < -0.39 is 0 Å². The zero-order valence-electron chi connectivity index (χ0n) is 18.9. The summed E-state index contributed by atoms with van der Waals surface area (Å²) >= 11 is 0. The van der Waals surface area contributed by atoms with Crippen molar-refractivity contribution >= 4 is 17.9 Å². The Hall–Kier alpha value is -3.63. The summed E-state index contributed by atoms with van der Waals surface area (Å²) in [5.41, 5.74) is 6.39. The maximum atomic E-state index is 14.0. The highest BCUT2D eigenvalue weighted by Crippen LogP contribution is 2.57. The summed E-state index contributed by atoms with van der Waals surface area (Å²) in [7, 11) is 0. The van der Waals surface area contributed by atoms with Gasteiger partial charge in [0, 0.05) is 35.7 Å². The number of carbonyl (C=O) groups excluding carboxylic acids is 1. The molecule has 0 radical (unpaired) electrons. The zero-order valence-corrected chi connectivity index (χ0v) is 18.9. The van der Waals surface area contributed by atoms with Crippen LogP contribution in [0.3, 0.4) is 0 Å². The molecule has 1 saturated heterocycles. The monoisotopic (exact) mass is 447 g/mol. The van der Waals surface area contributed by atoms with E-state index in [1.54, 1.807) is 0 Å². The van der Waals surface area contributed by atoms with Gasteiger partial charge in [0.1, 0.15) is 0 Å². The van der Waals surface area contributed by atoms with Crippen molar-refractivity contribution in [3.05, 3.63) is 106 Å². The molecule has 0 amide bonds. The molecule has 4 nitrogen and oxygen atoms in total. The summed E-state index contributed by atoms with van der Waals surface area (Å²) in [6, 6.07) is 24.8. The molecule has 7 rings (SSSR count). The molecule has 0 aromatic heterocycles. The minimum absolute atomic E-state index is 0.0704. The average Bonchev–Trinajstić information content (AvgIpc) is 3.43. The molecule has 1 aliphatic carbocycles. The Bertz CT molecular complexity index is 1360. The number of carbonyl (C=O) groups is 1. The van der Waals surface area contributed by atoms with E-state index in [0.29, 0.717) is 0 Å². The predicted octanol–water partition coefficient (Wildman–Crippen LogP) is 5.38. The van der Waals surface area contributed by atoms with E-state index in [1.165, 1.54) is 11.1 Å². The van der Waals surface area contributed by atoms with Gasteiger partial charge in [-0.2, -0.15) is 0 Å². The largest absolute Gasteiger partial charge is 0.454 e. The van der Waals surface area contributed by atoms with Crippen LogP contribution in [-0.4, -0.2) is 30.1 Å². The Morgan fingerprint density at radius 1 is 0.882 bits per heavy atom. The lowest BCUT2D eigenvalue weighted by atomic mass is 9.60. The minimum Gasteiger partial charge on any atom is -0.454 e. The summed E-state index contributed by atoms with van der Waals surface area (Å²) in [6.07, 6.45) is 5.97. The van der Waals surface area contributed by atoms with E-state index in [1.807, 2.05) is 36.4 Å². The standard InChI is InChI=1S/C30H25NO3/c32-28-22(13-20-7-3-1-4-8-20)17-30-11-12-31(29(30)24(28)14-21-9-5-2-6-10-21)18-23-15-26-27(16-25(23)30)34-19-33-26/h1-10,13-16,29H,11-12,17-19H2/b22-13-,24-14+. The van der Waals surface area contributed by atoms with Crippen molar-refractivity contribution < 1.29 is 14.3 Å². The lowest BCUT2D eigenvalue weighted by molar-refractivity contribution is -0.114. The van der Waals surface area contributed by atoms with Crippen LogP contribution in [0.2, 0.25) is 0 Å². The molecular formula is C30H25NO3. The second-order valence-corrected chi connectivity index (χ2v) is 9.74. The van der Waals surface area contributed by atoms with Gasteiger partial charge in [-0.25, -0.2) is 0 Å². The molecule has 3 aromatic rings. The number of hydrogen-bond donors (Lipinski definition) is 0. The van der Waals surface area contributed by atoms with E-state index in [-0.39, 0.29) is 24.0 Å². The Kier molecular flexibility index (Phi) is 4.33. The minimum atomic E-state index is -0.149. The van der Waals surface area contributed by atoms with Crippen molar-refractivity contribution in [3.8, 4) is 11.5 Å². The maximum absolute atomic E-state index is 14.0. The second-order valence-electron chi connectivity index (χ2n) is 9.74. The number of allylic oxidation sites excluding steroid dienone is 1. The fourth-order valence-corrected chi connectivity index (χ4v) is 6.45. The first kappa shape index (κ1) is 19.8. The van der Waals surface area contributed by atoms with Gasteiger partial charge < -0.3 is 9.47 Å². The lowest BCUT2D eigenvalue weighted by Gasteiger charge is -2.48. The van der Waals surface area contributed by atoms with Gasteiger partial charge in [0.2, 0.25) is 6.79 Å². The highest BCUT2D eigenvalue weighted by Gasteiger charge is 2.58. The zero-order chi connectivity index (χ0) is 22.7. The average molecular weight is 448 g/mol. The molecule has 168 valence electrons. The summed E-state index contributed by atoms with van der Waals surface area (Å²) < 4.78 is 11.5. The Labute approximate surface area is 199 Å². The fraction of sp³-hybridized carbons (Fsp3) is 0.233. The molecule has 0 N–H and O–H groups in total. The van der Waals surface area contributed by atoms with Gasteiger partial charge in [-0.15, -0.1) is 0 Å². The van der Waals surface area contributed by atoms with Crippen LogP contribution in [0.25, 0.3) is 12.2 Å². The molecule has 34 heavy (non-hydrogen) atoms. The highest BCUT2D eigenvalue weighted by atomic mass is 16.7. The van der Waals surface area contributed by atoms with E-state index in [4.69, 9.17) is 9.47 Å². The molecule has 2 bridgehead atoms. The summed E-state index contributed by atoms with van der Waals surface area (Å²) in [5, 5.41) is 0. The SMILES string of the molecule is O=C1/C(=C\c2ccccc2)CC23CCN(Cc4cc5c(cc42)OCO5)C3/C1=C/c1ccccc1. The molecule has 3 unspecified atom stereocenters. The van der Waals surface area contributed by atoms with Crippen LogP contribution in [0.1, 0.15) is 35.1 Å². The number of fused-ring (bicyclic) bond motifs is 2. The number of nitrogens with zero attached hydrogens (tertiary/aromatic N) is 1. The van der Waals surface area contributed by atoms with Crippen molar-refractivity contribution in [1.29, 1.82) is 0 Å². The molecule has 2 fully saturated rings. The van der Waals surface area contributed by atoms with Gasteiger partial charge in [-0.3, -0.25) is 9.69 Å². The fourth-order valence-electron chi connectivity index (χ4n) is 6.45. The normalized spacial score (nSPS) is 28.8. The van der Waals surface area contributed by atoms with Gasteiger partial charge in [-0.1, -0.05) is 60.7 Å². The smallest absolute Gasteiger partial charge is 0.231 e. The van der Waals surface area contributed by atoms with Gasteiger partial charge in [0.25, 0.3) is 0 Å². The van der Waals surface area contributed by atoms with Crippen LogP contribution >= 0.6 is 0 Å². The first-order valence-electron chi connectivity index (χ1n) is 12.0. The van der Waals surface area contributed by atoms with Gasteiger partial charge in [-0.05, 0) is 59.4 Å². The Morgan fingerprint density at radius 2 is 1.56 bits per heavy atom. The van der Waals surface area contributed by atoms with Crippen LogP contribution in [0.15, 0.2) is 83.9 Å². The van der Waals surface area contributed by atoms with E-state index >= 15 is 0 Å². The summed E-state index contributed by atoms with van der Waals surface area (Å²) in [4.78, 5) is 16.5. The third kappa shape index (κ3) is 2.92. The molecule has 3 atom stereocenters. The quantitative estimate of drug-likeness (QED) is 0.495. The predicted molar refractivity (Wildman–Crippen MR) is 132 cm³/mol. The lowest BCUT2D eigenvalue weighted by Crippen LogP contribution is -2.52. The Balaban J connectivity index is 1.44. The van der Waals surface area contributed by atoms with Crippen LogP contribution in [0, 0.1) is 0 Å². The summed E-state index contributed by atoms with van der Waals surface area (Å²) in [6.45, 7) is 2.08. The van der Waals surface area contributed by atoms with E-state index in [2.05, 4.69) is 53.5 Å². The molecule has 4 heteroatoms. The molecule has 3 aromatic carbocycles. The van der Waals surface area contributed by atoms with E-state index in [9.17, 15) is 4.79 Å². The molecule has 3 heterocycles. The molecular weight excluding hydrogens is 422 g/mol. The molecule has 1 saturated carbocycles. The number of ketones is 1. The van der Waals surface area contributed by atoms with Crippen molar-refractivity contribution in [1.82, 2.24) is 4.90 Å². The van der Waals surface area contributed by atoms with Gasteiger partial charge in [0.15, 0.2) is 17.3 Å². The summed E-state index contributed by atoms with van der Waals surface area (Å²) in [5.74, 6) is 1.83. The van der Waals surface area contributed by atoms with Crippen LogP contribution in [0.4, 0.5) is 0 Å². The van der Waals surface area contributed by atoms with Gasteiger partial charge in [0.05, 0.1) is 0 Å².